The van der Waals surface area contributed by atoms with E-state index in [0.29, 0.717) is 12.2 Å². The average Bonchev–Trinajstić information content (AvgIpc) is 2.43. The van der Waals surface area contributed by atoms with Crippen molar-refractivity contribution in [2.45, 2.75) is 19.2 Å². The molecule has 3 N–H and O–H groups in total. The van der Waals surface area contributed by atoms with Crippen molar-refractivity contribution in [2.24, 2.45) is 0 Å². The smallest absolute Gasteiger partial charge is 0.244 e. The van der Waals surface area contributed by atoms with E-state index in [-0.39, 0.29) is 11.1 Å². The Labute approximate surface area is 128 Å². The summed E-state index contributed by atoms with van der Waals surface area (Å²) in [4.78, 5) is 17.4. The molecular formula is C13H17Cl2N4O+. The van der Waals surface area contributed by atoms with Gasteiger partial charge in [0.15, 0.2) is 5.69 Å². The largest absolute Gasteiger partial charge is 0.304 e. The predicted molar refractivity (Wildman–Crippen MR) is 80.2 cm³/mol. The Morgan fingerprint density at radius 3 is 2.80 bits per heavy atom. The molecule has 0 aliphatic heterocycles. The van der Waals surface area contributed by atoms with Gasteiger partial charge in [0, 0.05) is 18.8 Å². The van der Waals surface area contributed by atoms with E-state index < -0.39 is 5.38 Å². The van der Waals surface area contributed by atoms with Crippen LogP contribution in [0, 0.1) is 5.41 Å². The molecule has 1 unspecified atom stereocenters. The Hall–Kier alpha value is -1.43. The molecule has 1 aromatic heterocycles. The van der Waals surface area contributed by atoms with Crippen LogP contribution in [0.25, 0.3) is 0 Å². The molecule has 0 bridgehead atoms. The molecule has 0 radical (unpaired) electrons. The van der Waals surface area contributed by atoms with Crippen LogP contribution in [0.3, 0.4) is 0 Å². The van der Waals surface area contributed by atoms with Crippen LogP contribution in [-0.4, -0.2) is 32.9 Å². The lowest BCUT2D eigenvalue weighted by atomic mass is 10.3. The maximum Gasteiger partial charge on any atom is 0.244 e. The number of pyridine rings is 1. The van der Waals surface area contributed by atoms with E-state index >= 15 is 0 Å². The highest BCUT2D eigenvalue weighted by Gasteiger charge is 2.23. The van der Waals surface area contributed by atoms with Crippen LogP contribution in [0.1, 0.15) is 13.8 Å². The summed E-state index contributed by atoms with van der Waals surface area (Å²) in [5, 5.41) is 8.47. The van der Waals surface area contributed by atoms with Crippen molar-refractivity contribution in [3.05, 3.63) is 36.4 Å². The normalized spacial score (nSPS) is 12.9. The summed E-state index contributed by atoms with van der Waals surface area (Å²) in [6.45, 7) is 3.78. The minimum atomic E-state index is -0.673. The Kier molecular flexibility index (Phi) is 6.64. The number of carbonyl (C=O) groups is 1. The Bertz CT molecular complexity index is 502. The van der Waals surface area contributed by atoms with Gasteiger partial charge in [0.05, 0.1) is 6.20 Å². The molecule has 1 aromatic rings. The van der Waals surface area contributed by atoms with Crippen molar-refractivity contribution in [2.75, 3.05) is 6.54 Å². The number of hydrogen-bond acceptors (Lipinski definition) is 3. The molecule has 5 nitrogen and oxygen atoms in total. The van der Waals surface area contributed by atoms with E-state index in [1.165, 1.54) is 4.90 Å². The maximum atomic E-state index is 12.0. The topological polar surface area (TPSA) is 73.7 Å². The highest BCUT2D eigenvalue weighted by atomic mass is 35.5. The van der Waals surface area contributed by atoms with Crippen LogP contribution < -0.4 is 5.32 Å². The number of nitrogens with two attached hydrogens (primary N) is 1. The molecule has 0 saturated heterocycles. The van der Waals surface area contributed by atoms with Crippen molar-refractivity contribution in [3.63, 3.8) is 0 Å². The summed E-state index contributed by atoms with van der Waals surface area (Å²) in [5.74, 6) is -0.287. The van der Waals surface area contributed by atoms with E-state index in [0.717, 1.165) is 5.69 Å². The lowest BCUT2D eigenvalue weighted by molar-refractivity contribution is -0.497. The summed E-state index contributed by atoms with van der Waals surface area (Å²) in [5.41, 5.74) is 1.17. The third-order valence-electron chi connectivity index (χ3n) is 2.56. The minimum Gasteiger partial charge on any atom is -0.304 e. The number of carbonyl (C=O) groups excluding carboxylic acids is 1. The number of aromatic nitrogens is 1. The first-order valence-electron chi connectivity index (χ1n) is 6.12. The number of allylic oxidation sites excluding steroid dienone is 1. The van der Waals surface area contributed by atoms with Gasteiger partial charge in [0.1, 0.15) is 22.4 Å². The number of alkyl halides is 1. The number of halogens is 2. The molecule has 0 spiro atoms. The number of quaternary nitrogens is 1. The zero-order chi connectivity index (χ0) is 15.1. The third kappa shape index (κ3) is 4.59. The van der Waals surface area contributed by atoms with Crippen molar-refractivity contribution >= 4 is 40.0 Å². The molecule has 20 heavy (non-hydrogen) atoms. The van der Waals surface area contributed by atoms with Crippen molar-refractivity contribution in [3.8, 4) is 0 Å². The fraction of sp³-hybridized carbons (Fsp3) is 0.308. The van der Waals surface area contributed by atoms with Crippen LogP contribution in [0.4, 0.5) is 5.69 Å². The maximum absolute atomic E-state index is 12.0. The molecule has 0 aliphatic rings. The van der Waals surface area contributed by atoms with Crippen LogP contribution >= 0.6 is 23.2 Å². The summed E-state index contributed by atoms with van der Waals surface area (Å²) >= 11 is 11.6. The summed E-state index contributed by atoms with van der Waals surface area (Å²) < 4.78 is 0. The number of hydrogen-bond donors (Lipinski definition) is 2. The van der Waals surface area contributed by atoms with Crippen LogP contribution in [0.2, 0.25) is 0 Å². The van der Waals surface area contributed by atoms with Gasteiger partial charge in [-0.05, 0) is 19.9 Å². The first kappa shape index (κ1) is 16.6. The van der Waals surface area contributed by atoms with Gasteiger partial charge in [-0.25, -0.2) is 0 Å². The van der Waals surface area contributed by atoms with E-state index in [1.54, 1.807) is 43.8 Å². The highest BCUT2D eigenvalue weighted by molar-refractivity contribution is 6.68. The molecule has 1 rings (SSSR count). The van der Waals surface area contributed by atoms with E-state index in [1.807, 2.05) is 6.07 Å². The lowest BCUT2D eigenvalue weighted by Crippen LogP contribution is -2.72. The molecule has 108 valence electrons. The van der Waals surface area contributed by atoms with Crippen LogP contribution in [0.15, 0.2) is 36.4 Å². The SMILES string of the molecule is CCN(C(=O)C(C)Cl)/C(=C/[NH2+]c1cccnc1)C(=N)Cl. The van der Waals surface area contributed by atoms with Gasteiger partial charge >= 0.3 is 0 Å². The second kappa shape index (κ2) is 7.99. The Balaban J connectivity index is 2.98. The van der Waals surface area contributed by atoms with Gasteiger partial charge in [-0.3, -0.25) is 20.5 Å². The lowest BCUT2D eigenvalue weighted by Gasteiger charge is -2.22. The molecular weight excluding hydrogens is 299 g/mol. The molecule has 0 saturated carbocycles. The first-order valence-corrected chi connectivity index (χ1v) is 6.93. The zero-order valence-corrected chi connectivity index (χ0v) is 12.8. The number of nitrogens with one attached hydrogen (secondary N) is 1. The monoisotopic (exact) mass is 315 g/mol. The van der Waals surface area contributed by atoms with Crippen LogP contribution in [-0.2, 0) is 4.79 Å². The molecule has 1 amide bonds. The predicted octanol–water partition coefficient (Wildman–Crippen LogP) is 1.81. The van der Waals surface area contributed by atoms with Gasteiger partial charge < -0.3 is 4.90 Å². The standard InChI is InChI=1S/C13H16Cl2N4O/c1-3-19(13(20)9(2)14)11(12(15)16)8-18-10-5-4-6-17-7-10/h4-9,16,18H,3H2,1-2H3/p+1/b11-8+,16-12?. The minimum absolute atomic E-state index is 0.211. The molecule has 1 heterocycles. The summed E-state index contributed by atoms with van der Waals surface area (Å²) in [6.07, 6.45) is 4.96. The summed E-state index contributed by atoms with van der Waals surface area (Å²) in [6, 6.07) is 3.66. The Morgan fingerprint density at radius 2 is 2.35 bits per heavy atom. The van der Waals surface area contributed by atoms with E-state index in [4.69, 9.17) is 28.6 Å². The van der Waals surface area contributed by atoms with Crippen molar-refractivity contribution < 1.29 is 10.1 Å². The van der Waals surface area contributed by atoms with Crippen LogP contribution in [0.5, 0.6) is 0 Å². The fourth-order valence-electron chi connectivity index (χ4n) is 1.59. The van der Waals surface area contributed by atoms with Gasteiger partial charge in [-0.2, -0.15) is 0 Å². The van der Waals surface area contributed by atoms with Gasteiger partial charge in [0.2, 0.25) is 5.91 Å². The fourth-order valence-corrected chi connectivity index (χ4v) is 1.87. The quantitative estimate of drug-likeness (QED) is 0.620. The first-order chi connectivity index (χ1) is 9.47. The number of rotatable bonds is 6. The summed E-state index contributed by atoms with van der Waals surface area (Å²) in [7, 11) is 0. The highest BCUT2D eigenvalue weighted by Crippen LogP contribution is 2.12. The molecule has 1 atom stereocenters. The molecule has 7 heteroatoms. The van der Waals surface area contributed by atoms with E-state index in [9.17, 15) is 4.79 Å². The Morgan fingerprint density at radius 1 is 1.65 bits per heavy atom. The molecule has 0 fully saturated rings. The second-order valence-corrected chi connectivity index (χ2v) is 5.05. The molecule has 0 aromatic carbocycles. The van der Waals surface area contributed by atoms with Gasteiger partial charge in [-0.1, -0.05) is 11.6 Å². The van der Waals surface area contributed by atoms with Crippen molar-refractivity contribution in [1.82, 2.24) is 9.88 Å². The van der Waals surface area contributed by atoms with E-state index in [2.05, 4.69) is 4.98 Å². The zero-order valence-electron chi connectivity index (χ0n) is 11.3. The second-order valence-electron chi connectivity index (χ2n) is 4.02. The van der Waals surface area contributed by atoms with Gasteiger partial charge in [0.25, 0.3) is 0 Å². The number of amides is 1. The average molecular weight is 316 g/mol. The molecule has 0 aliphatic carbocycles. The third-order valence-corrected chi connectivity index (χ3v) is 2.94. The van der Waals surface area contributed by atoms with Gasteiger partial charge in [-0.15, -0.1) is 11.6 Å². The van der Waals surface area contributed by atoms with Crippen molar-refractivity contribution in [1.29, 1.82) is 5.41 Å². The number of nitrogens with zero attached hydrogens (tertiary/aromatic N) is 2.